The molecule has 0 heterocycles. The molecule has 1 aromatic carbocycles. The second-order valence-corrected chi connectivity index (χ2v) is 5.63. The molecule has 0 aromatic heterocycles. The van der Waals surface area contributed by atoms with Crippen LogP contribution in [0.2, 0.25) is 0 Å². The number of hydrogen-bond donors (Lipinski definition) is 1. The van der Waals surface area contributed by atoms with Crippen LogP contribution in [0.25, 0.3) is 0 Å². The molecule has 0 aliphatic carbocycles. The van der Waals surface area contributed by atoms with E-state index in [1.54, 1.807) is 6.07 Å². The predicted molar refractivity (Wildman–Crippen MR) is 67.0 cm³/mol. The molecule has 1 rings (SSSR count). The van der Waals surface area contributed by atoms with Crippen molar-refractivity contribution in [3.8, 4) is 11.5 Å². The Labute approximate surface area is 111 Å². The lowest BCUT2D eigenvalue weighted by atomic mass is 10.3. The lowest BCUT2D eigenvalue weighted by Crippen LogP contribution is -2.32. The molecule has 0 atom stereocenters. The second kappa shape index (κ2) is 5.89. The van der Waals surface area contributed by atoms with E-state index in [0.717, 1.165) is 4.31 Å². The third kappa shape index (κ3) is 3.15. The van der Waals surface area contributed by atoms with Crippen molar-refractivity contribution in [2.45, 2.75) is 4.90 Å². The number of methoxy groups -OCH3 is 2. The summed E-state index contributed by atoms with van der Waals surface area (Å²) in [6.45, 7) is -0.649. The van der Waals surface area contributed by atoms with E-state index >= 15 is 0 Å². The van der Waals surface area contributed by atoms with Crippen LogP contribution in [0.3, 0.4) is 0 Å². The van der Waals surface area contributed by atoms with E-state index in [1.807, 2.05) is 0 Å². The molecule has 0 saturated heterocycles. The van der Waals surface area contributed by atoms with Crippen LogP contribution in [0.5, 0.6) is 11.5 Å². The number of carboxylic acids is 1. The molecular formula is C11H15NO6S. The van der Waals surface area contributed by atoms with Gasteiger partial charge in [-0.3, -0.25) is 4.79 Å². The summed E-state index contributed by atoms with van der Waals surface area (Å²) < 4.78 is 35.4. The number of ether oxygens (including phenoxy) is 2. The lowest BCUT2D eigenvalue weighted by molar-refractivity contribution is -0.137. The van der Waals surface area contributed by atoms with Gasteiger partial charge in [0, 0.05) is 7.05 Å². The maximum absolute atomic E-state index is 12.3. The summed E-state index contributed by atoms with van der Waals surface area (Å²) >= 11 is 0. The van der Waals surface area contributed by atoms with Gasteiger partial charge in [-0.15, -0.1) is 0 Å². The molecule has 1 N–H and O–H groups in total. The Morgan fingerprint density at radius 2 is 1.74 bits per heavy atom. The van der Waals surface area contributed by atoms with E-state index in [0.29, 0.717) is 0 Å². The summed E-state index contributed by atoms with van der Waals surface area (Å²) in [6.07, 6.45) is 0. The number of aliphatic carboxylic acids is 1. The number of likely N-dealkylation sites (N-methyl/N-ethyl adjacent to an activating group) is 1. The summed E-state index contributed by atoms with van der Waals surface area (Å²) in [5.74, 6) is -1.06. The first kappa shape index (κ1) is 15.3. The first-order valence-electron chi connectivity index (χ1n) is 5.23. The Balaban J connectivity index is 3.38. The maximum atomic E-state index is 12.3. The van der Waals surface area contributed by atoms with Crippen LogP contribution in [0.4, 0.5) is 0 Å². The average molecular weight is 289 g/mol. The van der Waals surface area contributed by atoms with Crippen molar-refractivity contribution in [1.29, 1.82) is 0 Å². The first-order chi connectivity index (χ1) is 8.84. The molecule has 0 aliphatic rings. The van der Waals surface area contributed by atoms with Gasteiger partial charge in [0.25, 0.3) is 10.0 Å². The standard InChI is InChI=1S/C11H15NO6S/c1-12(7-10(13)14)19(15,16)11-8(17-2)5-4-6-9(11)18-3/h4-6H,7H2,1-3H3,(H,13,14). The van der Waals surface area contributed by atoms with Crippen molar-refractivity contribution in [2.24, 2.45) is 0 Å². The first-order valence-corrected chi connectivity index (χ1v) is 6.67. The highest BCUT2D eigenvalue weighted by atomic mass is 32.2. The van der Waals surface area contributed by atoms with Crippen molar-refractivity contribution in [3.63, 3.8) is 0 Å². The van der Waals surface area contributed by atoms with E-state index in [9.17, 15) is 13.2 Å². The second-order valence-electron chi connectivity index (χ2n) is 3.65. The van der Waals surface area contributed by atoms with Crippen molar-refractivity contribution >= 4 is 16.0 Å². The van der Waals surface area contributed by atoms with Gasteiger partial charge in [-0.05, 0) is 12.1 Å². The molecule has 0 saturated carbocycles. The minimum absolute atomic E-state index is 0.0941. The zero-order valence-electron chi connectivity index (χ0n) is 10.8. The van der Waals surface area contributed by atoms with E-state index in [4.69, 9.17) is 14.6 Å². The minimum atomic E-state index is -4.02. The summed E-state index contributed by atoms with van der Waals surface area (Å²) in [5.41, 5.74) is 0. The molecule has 0 unspecified atom stereocenters. The molecule has 0 radical (unpaired) electrons. The Morgan fingerprint density at radius 1 is 1.26 bits per heavy atom. The highest BCUT2D eigenvalue weighted by molar-refractivity contribution is 7.89. The van der Waals surface area contributed by atoms with Crippen molar-refractivity contribution in [2.75, 3.05) is 27.8 Å². The van der Waals surface area contributed by atoms with Crippen LogP contribution in [-0.4, -0.2) is 51.6 Å². The number of nitrogens with zero attached hydrogens (tertiary/aromatic N) is 1. The quantitative estimate of drug-likeness (QED) is 0.815. The van der Waals surface area contributed by atoms with Crippen LogP contribution in [0, 0.1) is 0 Å². The Kier molecular flexibility index (Phi) is 4.73. The number of carbonyl (C=O) groups is 1. The van der Waals surface area contributed by atoms with Crippen LogP contribution < -0.4 is 9.47 Å². The fourth-order valence-corrected chi connectivity index (χ4v) is 2.91. The summed E-state index contributed by atoms with van der Waals surface area (Å²) in [7, 11) is -0.192. The molecule has 1 aromatic rings. The normalized spacial score (nSPS) is 11.4. The highest BCUT2D eigenvalue weighted by Gasteiger charge is 2.30. The van der Waals surface area contributed by atoms with Crippen molar-refractivity contribution in [3.05, 3.63) is 18.2 Å². The van der Waals surface area contributed by atoms with Crippen molar-refractivity contribution in [1.82, 2.24) is 4.31 Å². The van der Waals surface area contributed by atoms with Crippen LogP contribution in [0.1, 0.15) is 0 Å². The van der Waals surface area contributed by atoms with E-state index in [2.05, 4.69) is 0 Å². The molecule has 0 spiro atoms. The molecule has 0 bridgehead atoms. The SMILES string of the molecule is COc1cccc(OC)c1S(=O)(=O)N(C)CC(=O)O. The molecule has 0 fully saturated rings. The number of benzene rings is 1. The largest absolute Gasteiger partial charge is 0.495 e. The predicted octanol–water partition coefficient (Wildman–Crippen LogP) is 0.409. The summed E-state index contributed by atoms with van der Waals surface area (Å²) in [6, 6.07) is 4.50. The molecule has 0 amide bonds. The Hall–Kier alpha value is -1.80. The Bertz CT molecular complexity index is 546. The number of sulfonamides is 1. The molecular weight excluding hydrogens is 274 g/mol. The average Bonchev–Trinajstić information content (AvgIpc) is 2.36. The van der Waals surface area contributed by atoms with Gasteiger partial charge in [-0.1, -0.05) is 6.07 Å². The van der Waals surface area contributed by atoms with Gasteiger partial charge in [-0.25, -0.2) is 8.42 Å². The van der Waals surface area contributed by atoms with Crippen LogP contribution in [-0.2, 0) is 14.8 Å². The summed E-state index contributed by atoms with van der Waals surface area (Å²) in [5, 5.41) is 8.68. The van der Waals surface area contributed by atoms with Gasteiger partial charge in [0.2, 0.25) is 0 Å². The van der Waals surface area contributed by atoms with E-state index in [1.165, 1.54) is 33.4 Å². The van der Waals surface area contributed by atoms with Crippen LogP contribution >= 0.6 is 0 Å². The zero-order chi connectivity index (χ0) is 14.6. The summed E-state index contributed by atoms with van der Waals surface area (Å²) in [4.78, 5) is 10.4. The van der Waals surface area contributed by atoms with E-state index in [-0.39, 0.29) is 16.4 Å². The fraction of sp³-hybridized carbons (Fsp3) is 0.364. The van der Waals surface area contributed by atoms with Crippen LogP contribution in [0.15, 0.2) is 23.1 Å². The van der Waals surface area contributed by atoms with Gasteiger partial charge in [-0.2, -0.15) is 4.31 Å². The third-order valence-electron chi connectivity index (χ3n) is 2.41. The van der Waals surface area contributed by atoms with Gasteiger partial charge >= 0.3 is 5.97 Å². The number of hydrogen-bond acceptors (Lipinski definition) is 5. The van der Waals surface area contributed by atoms with Gasteiger partial charge < -0.3 is 14.6 Å². The Morgan fingerprint density at radius 3 is 2.11 bits per heavy atom. The zero-order valence-corrected chi connectivity index (χ0v) is 11.6. The molecule has 0 aliphatic heterocycles. The molecule has 8 heteroatoms. The van der Waals surface area contributed by atoms with E-state index < -0.39 is 22.5 Å². The minimum Gasteiger partial charge on any atom is -0.495 e. The number of carboxylic acid groups (broad SMARTS) is 1. The molecule has 106 valence electrons. The topological polar surface area (TPSA) is 93.1 Å². The molecule has 19 heavy (non-hydrogen) atoms. The van der Waals surface area contributed by atoms with Crippen molar-refractivity contribution < 1.29 is 27.8 Å². The van der Waals surface area contributed by atoms with Gasteiger partial charge in [0.05, 0.1) is 14.2 Å². The van der Waals surface area contributed by atoms with Gasteiger partial charge in [0.15, 0.2) is 4.90 Å². The smallest absolute Gasteiger partial charge is 0.318 e. The highest BCUT2D eigenvalue weighted by Crippen LogP contribution is 2.34. The monoisotopic (exact) mass is 289 g/mol. The van der Waals surface area contributed by atoms with Gasteiger partial charge in [0.1, 0.15) is 18.0 Å². The lowest BCUT2D eigenvalue weighted by Gasteiger charge is -2.19. The fourth-order valence-electron chi connectivity index (χ4n) is 1.50. The number of rotatable bonds is 6. The third-order valence-corrected chi connectivity index (χ3v) is 4.28. The maximum Gasteiger partial charge on any atom is 0.318 e. The molecule has 7 nitrogen and oxygen atoms in total.